The molecule has 7 N–H and O–H groups in total. The Morgan fingerprint density at radius 1 is 0.303 bits per heavy atom. The van der Waals surface area contributed by atoms with Crippen LogP contribution in [0.3, 0.4) is 0 Å². The van der Waals surface area contributed by atoms with Crippen LogP contribution in [-0.2, 0) is 4.74 Å². The van der Waals surface area contributed by atoms with E-state index in [1.807, 2.05) is 159 Å². The molecule has 2 unspecified atom stereocenters. The molecular formula is C119H110Cl3N9O14. The molecule has 3 heterocycles. The second kappa shape index (κ2) is 47.3. The highest BCUT2D eigenvalue weighted by atomic mass is 35.5. The number of fused-ring (bicyclic) bond motifs is 3. The first kappa shape index (κ1) is 105. The van der Waals surface area contributed by atoms with Gasteiger partial charge >= 0.3 is 5.97 Å². The molecule has 23 nitrogen and oxygen atoms in total. The number of hydrogen-bond acceptors (Lipinski definition) is 14. The van der Waals surface area contributed by atoms with Crippen LogP contribution in [0.15, 0.2) is 297 Å². The summed E-state index contributed by atoms with van der Waals surface area (Å²) in [6, 6.07) is 84.6. The van der Waals surface area contributed by atoms with Crippen LogP contribution in [0.25, 0.3) is 5.76 Å². The minimum Gasteiger partial charge on any atom is -0.423 e. The molecule has 0 spiro atoms. The lowest BCUT2D eigenvalue weighted by Crippen LogP contribution is -2.38. The van der Waals surface area contributed by atoms with Gasteiger partial charge in [0.2, 0.25) is 0 Å². The van der Waals surface area contributed by atoms with Crippen molar-refractivity contribution in [3.8, 4) is 0 Å². The lowest BCUT2D eigenvalue weighted by Gasteiger charge is -2.26. The number of esters is 1. The van der Waals surface area contributed by atoms with E-state index < -0.39 is 30.0 Å². The number of anilines is 9. The van der Waals surface area contributed by atoms with Crippen LogP contribution in [-0.4, -0.2) is 101 Å². The smallest absolute Gasteiger partial charge is 0.343 e. The molecule has 0 bridgehead atoms. The minimum absolute atomic E-state index is 0.178. The fraction of sp³-hybridized carbons (Fsp3) is 0.185. The Hall–Kier alpha value is -16.0. The van der Waals surface area contributed by atoms with Gasteiger partial charge in [0.25, 0.3) is 59.1 Å². The molecule has 0 fully saturated rings. The van der Waals surface area contributed by atoms with Crippen LogP contribution in [0.1, 0.15) is 236 Å². The number of alkyl halides is 1. The van der Waals surface area contributed by atoms with Gasteiger partial charge in [0.05, 0.1) is 29.1 Å². The van der Waals surface area contributed by atoms with E-state index in [9.17, 15) is 63.0 Å². The van der Waals surface area contributed by atoms with E-state index in [0.29, 0.717) is 230 Å². The van der Waals surface area contributed by atoms with Gasteiger partial charge in [-0.1, -0.05) is 132 Å². The maximum atomic E-state index is 14.4. The average Bonchev–Trinajstić information content (AvgIpc) is 0.941. The number of halogens is 3. The predicted molar refractivity (Wildman–Crippen MR) is 576 cm³/mol. The summed E-state index contributed by atoms with van der Waals surface area (Å²) >= 11 is 17.2. The normalized spacial score (nSPS) is 13.4. The van der Waals surface area contributed by atoms with Crippen LogP contribution in [0, 0.1) is 76.2 Å². The number of aliphatic hydroxyl groups excluding tert-OH is 2. The Morgan fingerprint density at radius 2 is 0.607 bits per heavy atom. The zero-order valence-corrected chi connectivity index (χ0v) is 84.6. The van der Waals surface area contributed by atoms with Crippen molar-refractivity contribution in [3.05, 3.63) is 446 Å². The Balaban J connectivity index is 0.000000172. The maximum absolute atomic E-state index is 14.4. The number of aryl methyl sites for hydroxylation is 11. The molecule has 0 saturated heterocycles. The van der Waals surface area contributed by atoms with Gasteiger partial charge in [-0.05, 0) is 358 Å². The molecule has 0 saturated carbocycles. The summed E-state index contributed by atoms with van der Waals surface area (Å²) in [4.78, 5) is 155. The van der Waals surface area contributed by atoms with Gasteiger partial charge in [-0.15, -0.1) is 11.6 Å². The monoisotopic (exact) mass is 1990 g/mol. The van der Waals surface area contributed by atoms with Crippen molar-refractivity contribution in [1.82, 2.24) is 0 Å². The first-order chi connectivity index (χ1) is 69.7. The largest absolute Gasteiger partial charge is 0.423 e. The number of imide groups is 1. The molecule has 10 amide bonds. The SMILES string of the molecule is CCl.Cc1ccccc1C(=O)Nc1ccc(C(=O)N(C(=O)c2ccccc2C)c2ccc(C(=O)N3CCCC(O)c4ccccc43)c(C)c2)c(C)c1.Cc1ccccc1C(=O)Nc1ccc(C(=O)Nc2ccc(C(=O)N3CCCC(O)c4cc(Cl)ccc43)c(C)c2)c(C)c1.Cc1ccccc1C(=O)Nc1ccc(C(=O)OC2=CCCN(C(=O)c3ccc(NC(=O)c4ccccc4C)cc3C)c3ccc(Cl)cc32)c(C)c1. The molecule has 145 heavy (non-hydrogen) atoms. The lowest BCUT2D eigenvalue weighted by atomic mass is 10.0. The molecule has 3 aliphatic heterocycles. The van der Waals surface area contributed by atoms with Crippen LogP contribution in [0.2, 0.25) is 10.0 Å². The summed E-state index contributed by atoms with van der Waals surface area (Å²) in [5, 5.41) is 36.7. The number of carbonyl (C=O) groups is 11. The second-order valence-electron chi connectivity index (χ2n) is 35.8. The Labute approximate surface area is 857 Å². The summed E-state index contributed by atoms with van der Waals surface area (Å²) < 4.78 is 5.98. The number of aliphatic hydroxyl groups is 2. The first-order valence-corrected chi connectivity index (χ1v) is 48.9. The maximum Gasteiger partial charge on any atom is 0.343 e. The van der Waals surface area contributed by atoms with Crippen molar-refractivity contribution in [2.75, 3.05) is 72.2 Å². The summed E-state index contributed by atoms with van der Waals surface area (Å²) in [6.07, 6.45) is 4.71. The van der Waals surface area contributed by atoms with Gasteiger partial charge in [0, 0.05) is 148 Å². The number of carbonyl (C=O) groups excluding carboxylic acids is 11. The van der Waals surface area contributed by atoms with Crippen molar-refractivity contribution >= 4 is 157 Å². The van der Waals surface area contributed by atoms with Crippen LogP contribution in [0.5, 0.6) is 0 Å². The molecule has 2 atom stereocenters. The van der Waals surface area contributed by atoms with Crippen LogP contribution in [0.4, 0.5) is 51.2 Å². The summed E-state index contributed by atoms with van der Waals surface area (Å²) in [7, 11) is 0. The molecule has 736 valence electrons. The quantitative estimate of drug-likeness (QED) is 0.0239. The third-order valence-electron chi connectivity index (χ3n) is 25.7. The number of benzene rings is 14. The van der Waals surface area contributed by atoms with E-state index in [0.717, 1.165) is 27.2 Å². The zero-order valence-electron chi connectivity index (χ0n) is 82.3. The highest BCUT2D eigenvalue weighted by Gasteiger charge is 2.35. The fourth-order valence-electron chi connectivity index (χ4n) is 17.9. The molecule has 0 aliphatic carbocycles. The third kappa shape index (κ3) is 24.5. The molecule has 14 aromatic carbocycles. The second-order valence-corrected chi connectivity index (χ2v) is 36.7. The number of rotatable bonds is 18. The highest BCUT2D eigenvalue weighted by Crippen LogP contribution is 2.41. The van der Waals surface area contributed by atoms with Gasteiger partial charge in [0.1, 0.15) is 5.76 Å². The number of nitrogens with one attached hydrogen (secondary N) is 5. The van der Waals surface area contributed by atoms with Gasteiger partial charge in [-0.3, -0.25) is 47.9 Å². The Morgan fingerprint density at radius 3 is 1.00 bits per heavy atom. The van der Waals surface area contributed by atoms with Gasteiger partial charge in [-0.25, -0.2) is 9.69 Å². The van der Waals surface area contributed by atoms with E-state index in [-0.39, 0.29) is 53.0 Å². The van der Waals surface area contributed by atoms with Crippen molar-refractivity contribution in [3.63, 3.8) is 0 Å². The van der Waals surface area contributed by atoms with E-state index in [2.05, 4.69) is 38.2 Å². The highest BCUT2D eigenvalue weighted by molar-refractivity contribution is 6.31. The van der Waals surface area contributed by atoms with Crippen LogP contribution < -0.4 is 46.2 Å². The van der Waals surface area contributed by atoms with Crippen molar-refractivity contribution in [1.29, 1.82) is 0 Å². The number of amides is 10. The predicted octanol–water partition coefficient (Wildman–Crippen LogP) is 25.6. The summed E-state index contributed by atoms with van der Waals surface area (Å²) in [5.74, 6) is -3.22. The molecule has 3 aliphatic rings. The van der Waals surface area contributed by atoms with Gasteiger partial charge in [-0.2, -0.15) is 0 Å². The lowest BCUT2D eigenvalue weighted by molar-refractivity contribution is 0.0689. The molecule has 0 radical (unpaired) electrons. The number of nitrogens with zero attached hydrogens (tertiary/aromatic N) is 4. The number of para-hydroxylation sites is 1. The van der Waals surface area contributed by atoms with E-state index >= 15 is 0 Å². The average molecular weight is 2000 g/mol. The van der Waals surface area contributed by atoms with Crippen molar-refractivity contribution < 1.29 is 67.7 Å². The summed E-state index contributed by atoms with van der Waals surface area (Å²) in [6.45, 7) is 21.4. The van der Waals surface area contributed by atoms with Gasteiger partial charge < -0.3 is 56.2 Å². The molecule has 14 aromatic rings. The topological polar surface area (TPSA) is 311 Å². The first-order valence-electron chi connectivity index (χ1n) is 47.3. The zero-order chi connectivity index (χ0) is 104. The van der Waals surface area contributed by atoms with Crippen molar-refractivity contribution in [2.45, 2.75) is 120 Å². The molecule has 17 rings (SSSR count). The fourth-order valence-corrected chi connectivity index (χ4v) is 18.3. The third-order valence-corrected chi connectivity index (χ3v) is 26.2. The van der Waals surface area contributed by atoms with Crippen molar-refractivity contribution in [2.24, 2.45) is 0 Å². The molecule has 0 aromatic heterocycles. The minimum atomic E-state index is -0.683. The standard InChI is InChI=1S/C42H36ClN3O5.C42H39N3O5.C34H32ClN3O4.CH3Cl/c1-25-10-5-7-12-32(25)39(47)44-30-16-18-34(27(3)22-30)41(49)46-21-9-14-38(36-24-29(43)15-20-37(36)46)51-42(50)35-19-17-31(23-28(35)4)45-40(48)33-13-8-6-11-26(33)2;1-26-12-5-7-14-32(26)39(47)43-30-19-21-35(28(3)24-30)42(50)45(41(49)33-15-8-6-13-27(33)2)31-20-22-34(29(4)25-31)40(48)44-23-11-18-38(46)36-16-9-10-17-37(36)44;1-20-7-4-5-8-26(20)32(40)36-24-11-13-27(21(2)17-24)33(41)37-25-12-14-28(22(3)18-25)34(42)38-16-6-9-31(39)29-19-23(35)10-15-30(29)38;1-2/h5-8,10-20,22-24H,9,21H2,1-4H3,(H,44,47)(H,45,48);5-10,12-17,19-22,24-25,38,46H,11,18,23H2,1-4H3,(H,43,47);4-5,7-8,10-15,17-19,31,39H,6,9,16H2,1-3H3,(H,36,40)(H,37,41);1H3. The van der Waals surface area contributed by atoms with Crippen LogP contribution >= 0.6 is 34.8 Å². The molecular weight excluding hydrogens is 1890 g/mol. The molecule has 26 heteroatoms. The van der Waals surface area contributed by atoms with Gasteiger partial charge in [0.15, 0.2) is 0 Å². The Kier molecular flexibility index (Phi) is 34.1. The number of hydrogen-bond donors (Lipinski definition) is 7. The van der Waals surface area contributed by atoms with E-state index in [4.69, 9.17) is 27.9 Å². The number of ether oxygens (including phenoxy) is 1. The summed E-state index contributed by atoms with van der Waals surface area (Å²) in [5.41, 5.74) is 20.1. The Bertz CT molecular complexity index is 7460. The van der Waals surface area contributed by atoms with E-state index in [1.54, 1.807) is 230 Å². The van der Waals surface area contributed by atoms with E-state index in [1.165, 1.54) is 6.38 Å².